The molecule has 0 unspecified atom stereocenters. The van der Waals surface area contributed by atoms with E-state index in [9.17, 15) is 4.39 Å². The number of hydrogen-bond donors (Lipinski definition) is 1. The molecule has 1 fully saturated rings. The van der Waals surface area contributed by atoms with Crippen molar-refractivity contribution in [1.29, 1.82) is 0 Å². The maximum atomic E-state index is 14.2. The Balaban J connectivity index is 2.31. The first-order chi connectivity index (χ1) is 6.76. The van der Waals surface area contributed by atoms with Crippen molar-refractivity contribution in [3.8, 4) is 0 Å². The highest BCUT2D eigenvalue weighted by Crippen LogP contribution is 2.46. The Labute approximate surface area is 84.1 Å². The lowest BCUT2D eigenvalue weighted by Crippen LogP contribution is -2.30. The molecule has 0 aliphatic heterocycles. The van der Waals surface area contributed by atoms with Gasteiger partial charge >= 0.3 is 0 Å². The Morgan fingerprint density at radius 3 is 2.57 bits per heavy atom. The minimum Gasteiger partial charge on any atom is -0.330 e. The lowest BCUT2D eigenvalue weighted by molar-refractivity contribution is 0.0599. The second kappa shape index (κ2) is 3.70. The van der Waals surface area contributed by atoms with Gasteiger partial charge in [-0.2, -0.15) is 0 Å². The molecule has 1 aromatic carbocycles. The van der Waals surface area contributed by atoms with Gasteiger partial charge in [-0.3, -0.25) is 0 Å². The molecule has 2 heteroatoms. The quantitative estimate of drug-likeness (QED) is 0.784. The molecular weight excluding hydrogens is 177 g/mol. The van der Waals surface area contributed by atoms with Crippen molar-refractivity contribution in [2.75, 3.05) is 6.54 Å². The van der Waals surface area contributed by atoms with Gasteiger partial charge in [0.2, 0.25) is 0 Å². The molecule has 2 N–H and O–H groups in total. The third-order valence-corrected chi connectivity index (χ3v) is 3.06. The van der Waals surface area contributed by atoms with Crippen molar-refractivity contribution < 1.29 is 4.39 Å². The Bertz CT molecular complexity index is 318. The molecule has 2 rings (SSSR count). The zero-order chi connectivity index (χ0) is 10.0. The van der Waals surface area contributed by atoms with Gasteiger partial charge in [0, 0.05) is 0 Å². The van der Waals surface area contributed by atoms with E-state index in [2.05, 4.69) is 0 Å². The number of nitrogens with two attached hydrogens (primary N) is 1. The van der Waals surface area contributed by atoms with Gasteiger partial charge in [0.05, 0.1) is 0 Å². The highest BCUT2D eigenvalue weighted by molar-refractivity contribution is 5.34. The van der Waals surface area contributed by atoms with Gasteiger partial charge in [-0.1, -0.05) is 24.3 Å². The first-order valence-corrected chi connectivity index (χ1v) is 5.24. The van der Waals surface area contributed by atoms with Crippen LogP contribution < -0.4 is 5.73 Å². The molecule has 0 saturated heterocycles. The maximum Gasteiger partial charge on any atom is 0.136 e. The topological polar surface area (TPSA) is 26.0 Å². The van der Waals surface area contributed by atoms with Crippen molar-refractivity contribution in [2.24, 2.45) is 5.73 Å². The van der Waals surface area contributed by atoms with Crippen LogP contribution in [-0.4, -0.2) is 6.54 Å². The van der Waals surface area contributed by atoms with E-state index in [-0.39, 0.29) is 0 Å². The van der Waals surface area contributed by atoms with Crippen molar-refractivity contribution >= 4 is 0 Å². The molecule has 14 heavy (non-hydrogen) atoms. The van der Waals surface area contributed by atoms with E-state index in [1.165, 1.54) is 0 Å². The molecule has 1 aliphatic carbocycles. The normalized spacial score (nSPS) is 19.0. The molecule has 1 aliphatic rings. The Morgan fingerprint density at radius 2 is 2.00 bits per heavy atom. The monoisotopic (exact) mass is 193 g/mol. The van der Waals surface area contributed by atoms with Crippen LogP contribution in [0.4, 0.5) is 4.39 Å². The average Bonchev–Trinajstić information content (AvgIpc) is 2.16. The molecule has 1 aromatic rings. The van der Waals surface area contributed by atoms with Gasteiger partial charge in [-0.05, 0) is 43.4 Å². The molecule has 1 saturated carbocycles. The van der Waals surface area contributed by atoms with Gasteiger partial charge in [-0.15, -0.1) is 0 Å². The predicted molar refractivity (Wildman–Crippen MR) is 55.8 cm³/mol. The van der Waals surface area contributed by atoms with Gasteiger partial charge in [0.25, 0.3) is 0 Å². The van der Waals surface area contributed by atoms with E-state index in [0.717, 1.165) is 24.0 Å². The largest absolute Gasteiger partial charge is 0.330 e. The molecule has 0 amide bonds. The van der Waals surface area contributed by atoms with Crippen molar-refractivity contribution in [3.63, 3.8) is 0 Å². The number of halogens is 1. The summed E-state index contributed by atoms with van der Waals surface area (Å²) in [5, 5.41) is 0. The predicted octanol–water partition coefficient (Wildman–Crippen LogP) is 2.54. The number of alkyl halides is 1. The van der Waals surface area contributed by atoms with Crippen LogP contribution in [0.3, 0.4) is 0 Å². The highest BCUT2D eigenvalue weighted by Gasteiger charge is 2.39. The third kappa shape index (κ3) is 1.55. The summed E-state index contributed by atoms with van der Waals surface area (Å²) in [6, 6.07) is 7.76. The lowest BCUT2D eigenvalue weighted by atomic mass is 9.75. The van der Waals surface area contributed by atoms with Crippen molar-refractivity contribution in [2.45, 2.75) is 31.4 Å². The summed E-state index contributed by atoms with van der Waals surface area (Å²) in [4.78, 5) is 0. The molecule has 1 nitrogen and oxygen atoms in total. The van der Waals surface area contributed by atoms with Crippen LogP contribution in [0.2, 0.25) is 0 Å². The summed E-state index contributed by atoms with van der Waals surface area (Å²) in [5.74, 6) is 0. The Hall–Kier alpha value is -0.890. The minimum absolute atomic E-state index is 0.590. The van der Waals surface area contributed by atoms with Gasteiger partial charge in [0.1, 0.15) is 5.67 Å². The first kappa shape index (κ1) is 9.66. The standard InChI is InChI=1S/C12H16FN/c13-12(7-3-8-12)11-5-2-1-4-10(11)6-9-14/h1-2,4-5H,3,6-9,14H2. The molecule has 0 spiro atoms. The van der Waals surface area contributed by atoms with Crippen molar-refractivity contribution in [1.82, 2.24) is 0 Å². The third-order valence-electron chi connectivity index (χ3n) is 3.06. The van der Waals surface area contributed by atoms with E-state index in [0.29, 0.717) is 19.4 Å². The fraction of sp³-hybridized carbons (Fsp3) is 0.500. The second-order valence-corrected chi connectivity index (χ2v) is 4.01. The average molecular weight is 193 g/mol. The van der Waals surface area contributed by atoms with Crippen LogP contribution in [0.25, 0.3) is 0 Å². The van der Waals surface area contributed by atoms with E-state index in [1.807, 2.05) is 24.3 Å². The van der Waals surface area contributed by atoms with E-state index in [4.69, 9.17) is 5.73 Å². The van der Waals surface area contributed by atoms with Crippen LogP contribution in [-0.2, 0) is 12.1 Å². The van der Waals surface area contributed by atoms with Crippen LogP contribution in [0.1, 0.15) is 30.4 Å². The molecule has 0 radical (unpaired) electrons. The van der Waals surface area contributed by atoms with Crippen LogP contribution in [0.15, 0.2) is 24.3 Å². The van der Waals surface area contributed by atoms with Crippen LogP contribution in [0.5, 0.6) is 0 Å². The fourth-order valence-electron chi connectivity index (χ4n) is 2.09. The number of benzene rings is 1. The summed E-state index contributed by atoms with van der Waals surface area (Å²) in [5.41, 5.74) is 6.41. The maximum absolute atomic E-state index is 14.2. The Kier molecular flexibility index (Phi) is 2.55. The highest BCUT2D eigenvalue weighted by atomic mass is 19.1. The summed E-state index contributed by atoms with van der Waals surface area (Å²) in [7, 11) is 0. The smallest absolute Gasteiger partial charge is 0.136 e. The summed E-state index contributed by atoms with van der Waals surface area (Å²) < 4.78 is 14.2. The number of rotatable bonds is 3. The summed E-state index contributed by atoms with van der Waals surface area (Å²) >= 11 is 0. The van der Waals surface area contributed by atoms with E-state index >= 15 is 0 Å². The summed E-state index contributed by atoms with van der Waals surface area (Å²) in [6.07, 6.45) is 3.14. The lowest BCUT2D eigenvalue weighted by Gasteiger charge is -2.35. The zero-order valence-electron chi connectivity index (χ0n) is 8.30. The zero-order valence-corrected chi connectivity index (χ0v) is 8.30. The van der Waals surface area contributed by atoms with Gasteiger partial charge < -0.3 is 5.73 Å². The molecule has 76 valence electrons. The van der Waals surface area contributed by atoms with Crippen LogP contribution in [0, 0.1) is 0 Å². The van der Waals surface area contributed by atoms with E-state index < -0.39 is 5.67 Å². The second-order valence-electron chi connectivity index (χ2n) is 4.01. The molecule has 0 heterocycles. The summed E-state index contributed by atoms with van der Waals surface area (Å²) in [6.45, 7) is 0.590. The van der Waals surface area contributed by atoms with Gasteiger partial charge in [-0.25, -0.2) is 4.39 Å². The molecule has 0 bridgehead atoms. The van der Waals surface area contributed by atoms with Crippen molar-refractivity contribution in [3.05, 3.63) is 35.4 Å². The van der Waals surface area contributed by atoms with Gasteiger partial charge in [0.15, 0.2) is 0 Å². The molecule has 0 atom stereocenters. The number of hydrogen-bond acceptors (Lipinski definition) is 1. The Morgan fingerprint density at radius 1 is 1.29 bits per heavy atom. The van der Waals surface area contributed by atoms with E-state index in [1.54, 1.807) is 0 Å². The SMILES string of the molecule is NCCc1ccccc1C1(F)CCC1. The molecular formula is C12H16FN. The fourth-order valence-corrected chi connectivity index (χ4v) is 2.09. The first-order valence-electron chi connectivity index (χ1n) is 5.24. The minimum atomic E-state index is -1.05. The molecule has 0 aromatic heterocycles. The van der Waals surface area contributed by atoms with Crippen LogP contribution >= 0.6 is 0 Å².